The van der Waals surface area contributed by atoms with Crippen molar-refractivity contribution < 1.29 is 18.8 Å². The van der Waals surface area contributed by atoms with E-state index in [1.165, 1.54) is 12.1 Å². The number of nitrogens with one attached hydrogen (secondary N) is 1. The fraction of sp³-hybridized carbons (Fsp3) is 0.240. The van der Waals surface area contributed by atoms with Gasteiger partial charge in [-0.2, -0.15) is 0 Å². The maximum Gasteiger partial charge on any atom is 0.210 e. The molecule has 5 rings (SSSR count). The monoisotopic (exact) mass is 401 g/mol. The summed E-state index contributed by atoms with van der Waals surface area (Å²) in [5.41, 5.74) is 2.78. The maximum absolute atomic E-state index is 13.6. The molecule has 2 aliphatic carbocycles. The Bertz CT molecular complexity index is 1200. The summed E-state index contributed by atoms with van der Waals surface area (Å²) in [7, 11) is 0. The van der Waals surface area contributed by atoms with E-state index in [1.54, 1.807) is 36.4 Å². The van der Waals surface area contributed by atoms with Gasteiger partial charge >= 0.3 is 0 Å². The van der Waals surface area contributed by atoms with Crippen molar-refractivity contribution in [3.8, 4) is 0 Å². The minimum atomic E-state index is -0.690. The van der Waals surface area contributed by atoms with Crippen molar-refractivity contribution in [3.05, 3.63) is 93.6 Å². The van der Waals surface area contributed by atoms with Crippen molar-refractivity contribution in [2.75, 3.05) is 0 Å². The van der Waals surface area contributed by atoms with Crippen LogP contribution < -0.4 is 5.32 Å². The van der Waals surface area contributed by atoms with Crippen LogP contribution in [0.5, 0.6) is 0 Å². The van der Waals surface area contributed by atoms with Crippen LogP contribution in [0.2, 0.25) is 0 Å². The minimum Gasteiger partial charge on any atom is -0.355 e. The van der Waals surface area contributed by atoms with Gasteiger partial charge in [0.2, 0.25) is 5.78 Å². The molecule has 5 heteroatoms. The van der Waals surface area contributed by atoms with Crippen LogP contribution >= 0.6 is 0 Å². The number of carbonyl (C=O) groups excluding carboxylic acids is 3. The Morgan fingerprint density at radius 3 is 2.17 bits per heavy atom. The zero-order valence-corrected chi connectivity index (χ0v) is 16.7. The van der Waals surface area contributed by atoms with E-state index in [0.717, 1.165) is 0 Å². The van der Waals surface area contributed by atoms with Gasteiger partial charge < -0.3 is 5.32 Å². The third-order valence-corrected chi connectivity index (χ3v) is 6.13. The Labute approximate surface area is 173 Å². The zero-order valence-electron chi connectivity index (χ0n) is 16.7. The number of benzene rings is 2. The lowest BCUT2D eigenvalue weighted by molar-refractivity contribution is -0.118. The highest BCUT2D eigenvalue weighted by Gasteiger charge is 2.46. The number of dihydropyridines is 1. The molecule has 4 nitrogen and oxygen atoms in total. The largest absolute Gasteiger partial charge is 0.355 e. The number of carbonyl (C=O) groups is 3. The second kappa shape index (κ2) is 6.33. The van der Waals surface area contributed by atoms with E-state index in [9.17, 15) is 18.8 Å². The molecule has 0 saturated heterocycles. The van der Waals surface area contributed by atoms with Crippen LogP contribution in [0.1, 0.15) is 58.9 Å². The Hall–Kier alpha value is -3.34. The summed E-state index contributed by atoms with van der Waals surface area (Å²) >= 11 is 0. The van der Waals surface area contributed by atoms with Gasteiger partial charge in [0.15, 0.2) is 11.6 Å². The summed E-state index contributed by atoms with van der Waals surface area (Å²) < 4.78 is 13.6. The molecule has 0 bridgehead atoms. The van der Waals surface area contributed by atoms with Crippen molar-refractivity contribution in [2.24, 2.45) is 5.41 Å². The van der Waals surface area contributed by atoms with Gasteiger partial charge in [-0.3, -0.25) is 14.4 Å². The van der Waals surface area contributed by atoms with E-state index >= 15 is 0 Å². The van der Waals surface area contributed by atoms with E-state index in [0.29, 0.717) is 40.8 Å². The zero-order chi connectivity index (χ0) is 21.2. The van der Waals surface area contributed by atoms with Gasteiger partial charge in [0, 0.05) is 40.3 Å². The van der Waals surface area contributed by atoms with Crippen molar-refractivity contribution >= 4 is 17.3 Å². The fourth-order valence-electron chi connectivity index (χ4n) is 4.86. The average molecular weight is 401 g/mol. The summed E-state index contributed by atoms with van der Waals surface area (Å²) in [4.78, 5) is 40.0. The molecule has 0 fully saturated rings. The molecular weight excluding hydrogens is 381 g/mol. The topological polar surface area (TPSA) is 63.2 Å². The molecule has 3 aliphatic rings. The highest BCUT2D eigenvalue weighted by Crippen LogP contribution is 2.48. The number of hydrogen-bond acceptors (Lipinski definition) is 4. The molecule has 30 heavy (non-hydrogen) atoms. The SMILES string of the molecule is CC1(C)CC(=O)C2=C(C1)NC1=C(C(=O)c3ccccc3C1=O)C2c1ccc(F)cc1. The van der Waals surface area contributed by atoms with Crippen molar-refractivity contribution in [1.82, 2.24) is 5.32 Å². The van der Waals surface area contributed by atoms with Crippen LogP contribution in [-0.4, -0.2) is 17.3 Å². The standard InChI is InChI=1S/C25H20FNO3/c1-25(2)11-17-20(18(28)12-25)19(13-7-9-14(26)10-8-13)21-22(27-17)24(30)16-6-4-3-5-15(16)23(21)29/h3-10,19,27H,11-12H2,1-2H3. The minimum absolute atomic E-state index is 0.0475. The maximum atomic E-state index is 13.6. The third-order valence-electron chi connectivity index (χ3n) is 6.13. The molecule has 150 valence electrons. The van der Waals surface area contributed by atoms with Crippen molar-refractivity contribution in [3.63, 3.8) is 0 Å². The first-order valence-corrected chi connectivity index (χ1v) is 9.98. The number of ketones is 3. The summed E-state index contributed by atoms with van der Waals surface area (Å²) in [6.45, 7) is 4.02. The van der Waals surface area contributed by atoms with Crippen LogP contribution in [0.15, 0.2) is 71.1 Å². The van der Waals surface area contributed by atoms with Gasteiger partial charge in [0.25, 0.3) is 0 Å². The number of hydrogen-bond donors (Lipinski definition) is 1. The molecule has 0 amide bonds. The molecule has 1 N–H and O–H groups in total. The summed E-state index contributed by atoms with van der Waals surface area (Å²) in [6, 6.07) is 12.5. The second-order valence-electron chi connectivity index (χ2n) is 8.94. The third kappa shape index (κ3) is 2.69. The van der Waals surface area contributed by atoms with E-state index in [1.807, 2.05) is 13.8 Å². The molecule has 2 aromatic rings. The Morgan fingerprint density at radius 1 is 0.867 bits per heavy atom. The number of fused-ring (bicyclic) bond motifs is 1. The predicted octanol–water partition coefficient (Wildman–Crippen LogP) is 4.49. The van der Waals surface area contributed by atoms with Crippen molar-refractivity contribution in [1.29, 1.82) is 0 Å². The lowest BCUT2D eigenvalue weighted by Crippen LogP contribution is -2.42. The lowest BCUT2D eigenvalue weighted by Gasteiger charge is -2.41. The molecular formula is C25H20FNO3. The first-order chi connectivity index (χ1) is 14.3. The number of Topliss-reactive ketones (excluding diaryl/α,β-unsaturated/α-hetero) is 3. The first-order valence-electron chi connectivity index (χ1n) is 9.98. The highest BCUT2D eigenvalue weighted by molar-refractivity contribution is 6.28. The molecule has 1 unspecified atom stereocenters. The number of allylic oxidation sites excluding steroid dienone is 4. The Morgan fingerprint density at radius 2 is 1.50 bits per heavy atom. The fourth-order valence-corrected chi connectivity index (χ4v) is 4.86. The van der Waals surface area contributed by atoms with Gasteiger partial charge in [-0.25, -0.2) is 4.39 Å². The number of halogens is 1. The quantitative estimate of drug-likeness (QED) is 0.765. The molecule has 1 aliphatic heterocycles. The van der Waals surface area contributed by atoms with E-state index < -0.39 is 11.7 Å². The van der Waals surface area contributed by atoms with Gasteiger partial charge in [-0.05, 0) is 29.5 Å². The normalized spacial score (nSPS) is 22.4. The van der Waals surface area contributed by atoms with E-state index in [-0.39, 0.29) is 34.0 Å². The molecule has 1 atom stereocenters. The smallest absolute Gasteiger partial charge is 0.210 e. The van der Waals surface area contributed by atoms with Gasteiger partial charge in [0.1, 0.15) is 5.82 Å². The molecule has 0 spiro atoms. The average Bonchev–Trinajstić information content (AvgIpc) is 2.70. The van der Waals surface area contributed by atoms with E-state index in [2.05, 4.69) is 5.32 Å². The summed E-state index contributed by atoms with van der Waals surface area (Å²) in [5.74, 6) is -1.66. The summed E-state index contributed by atoms with van der Waals surface area (Å²) in [5, 5.41) is 3.17. The molecule has 0 saturated carbocycles. The molecule has 0 aromatic heterocycles. The van der Waals surface area contributed by atoms with Gasteiger partial charge in [-0.15, -0.1) is 0 Å². The van der Waals surface area contributed by atoms with Crippen LogP contribution in [0, 0.1) is 11.2 Å². The van der Waals surface area contributed by atoms with Gasteiger partial charge in [0.05, 0.1) is 5.70 Å². The Balaban J connectivity index is 1.76. The Kier molecular flexibility index (Phi) is 3.94. The molecule has 2 aromatic carbocycles. The summed E-state index contributed by atoms with van der Waals surface area (Å²) in [6.07, 6.45) is 0.943. The molecule has 0 radical (unpaired) electrons. The first kappa shape index (κ1) is 18.7. The van der Waals surface area contributed by atoms with Crippen LogP contribution in [0.4, 0.5) is 4.39 Å². The predicted molar refractivity (Wildman–Crippen MR) is 109 cm³/mol. The second-order valence-corrected chi connectivity index (χ2v) is 8.94. The lowest BCUT2D eigenvalue weighted by atomic mass is 9.66. The van der Waals surface area contributed by atoms with Crippen LogP contribution in [0.3, 0.4) is 0 Å². The van der Waals surface area contributed by atoms with Crippen LogP contribution in [-0.2, 0) is 4.79 Å². The van der Waals surface area contributed by atoms with Crippen molar-refractivity contribution in [2.45, 2.75) is 32.6 Å². The van der Waals surface area contributed by atoms with Crippen LogP contribution in [0.25, 0.3) is 0 Å². The molecule has 1 heterocycles. The number of rotatable bonds is 1. The van der Waals surface area contributed by atoms with E-state index in [4.69, 9.17) is 0 Å². The van der Waals surface area contributed by atoms with Gasteiger partial charge in [-0.1, -0.05) is 50.2 Å². The highest BCUT2D eigenvalue weighted by atomic mass is 19.1.